The first-order chi connectivity index (χ1) is 8.58. The van der Waals surface area contributed by atoms with Crippen LogP contribution >= 0.6 is 15.9 Å². The summed E-state index contributed by atoms with van der Waals surface area (Å²) < 4.78 is 19.8. The van der Waals surface area contributed by atoms with Gasteiger partial charge in [-0.05, 0) is 31.5 Å². The quantitative estimate of drug-likeness (QED) is 0.858. The van der Waals surface area contributed by atoms with Gasteiger partial charge in [0.25, 0.3) is 0 Å². The van der Waals surface area contributed by atoms with Gasteiger partial charge in [0.1, 0.15) is 5.82 Å². The van der Waals surface area contributed by atoms with Gasteiger partial charge in [0.15, 0.2) is 11.6 Å². The average molecular weight is 311 g/mol. The van der Waals surface area contributed by atoms with Crippen molar-refractivity contribution in [1.82, 2.24) is 9.97 Å². The molecule has 3 nitrogen and oxygen atoms in total. The van der Waals surface area contributed by atoms with Crippen molar-refractivity contribution in [3.63, 3.8) is 0 Å². The number of hydrogen-bond donors (Lipinski definition) is 0. The van der Waals surface area contributed by atoms with Crippen molar-refractivity contribution in [3.05, 3.63) is 46.1 Å². The zero-order valence-corrected chi connectivity index (χ0v) is 11.7. The predicted molar refractivity (Wildman–Crippen MR) is 70.3 cm³/mol. The summed E-state index contributed by atoms with van der Waals surface area (Å²) in [4.78, 5) is 8.37. The first kappa shape index (κ1) is 13.0. The van der Waals surface area contributed by atoms with Gasteiger partial charge in [-0.3, -0.25) is 0 Å². The maximum Gasteiger partial charge on any atom is 0.222 e. The molecule has 0 atom stereocenters. The number of nitrogens with zero attached hydrogens (tertiary/aromatic N) is 2. The van der Waals surface area contributed by atoms with E-state index in [0.717, 1.165) is 16.6 Å². The van der Waals surface area contributed by atoms with Gasteiger partial charge in [0.05, 0.1) is 0 Å². The molecule has 0 amide bonds. The molecule has 1 aromatic heterocycles. The minimum atomic E-state index is -0.424. The Morgan fingerprint density at radius 3 is 2.78 bits per heavy atom. The van der Waals surface area contributed by atoms with Crippen LogP contribution in [0.25, 0.3) is 0 Å². The highest BCUT2D eigenvalue weighted by molar-refractivity contribution is 9.10. The van der Waals surface area contributed by atoms with Crippen molar-refractivity contribution in [2.45, 2.75) is 20.3 Å². The maximum atomic E-state index is 13.5. The lowest BCUT2D eigenvalue weighted by atomic mass is 10.3. The number of ether oxygens (including phenoxy) is 1. The van der Waals surface area contributed by atoms with Crippen molar-refractivity contribution in [1.29, 1.82) is 0 Å². The molecule has 0 saturated heterocycles. The molecule has 94 valence electrons. The molecule has 2 rings (SSSR count). The number of aromatic nitrogens is 2. The number of hydrogen-bond acceptors (Lipinski definition) is 3. The van der Waals surface area contributed by atoms with Crippen molar-refractivity contribution in [3.8, 4) is 11.6 Å². The Morgan fingerprint density at radius 2 is 2.06 bits per heavy atom. The molecule has 0 fully saturated rings. The largest absolute Gasteiger partial charge is 0.436 e. The Balaban J connectivity index is 2.33. The van der Waals surface area contributed by atoms with E-state index in [1.807, 2.05) is 6.92 Å². The van der Waals surface area contributed by atoms with Crippen LogP contribution in [0.1, 0.15) is 18.4 Å². The van der Waals surface area contributed by atoms with Crippen LogP contribution in [-0.2, 0) is 6.42 Å². The summed E-state index contributed by atoms with van der Waals surface area (Å²) >= 11 is 3.27. The zero-order valence-electron chi connectivity index (χ0n) is 10.1. The molecule has 0 saturated carbocycles. The van der Waals surface area contributed by atoms with Gasteiger partial charge < -0.3 is 4.74 Å². The van der Waals surface area contributed by atoms with E-state index < -0.39 is 5.82 Å². The van der Waals surface area contributed by atoms with E-state index >= 15 is 0 Å². The predicted octanol–water partition coefficient (Wildman–Crippen LogP) is 4.04. The van der Waals surface area contributed by atoms with Crippen LogP contribution in [0.5, 0.6) is 11.6 Å². The molecule has 0 N–H and O–H groups in total. The second-order valence-electron chi connectivity index (χ2n) is 3.78. The molecule has 0 radical (unpaired) electrons. The molecule has 0 bridgehead atoms. The van der Waals surface area contributed by atoms with E-state index in [9.17, 15) is 4.39 Å². The number of benzene rings is 1. The summed E-state index contributed by atoms with van der Waals surface area (Å²) in [6.45, 7) is 3.77. The SMILES string of the molecule is CCc1cc(Oc2cc(Br)ccc2F)nc(C)n1. The van der Waals surface area contributed by atoms with E-state index in [2.05, 4.69) is 25.9 Å². The highest BCUT2D eigenvalue weighted by Gasteiger charge is 2.08. The first-order valence-electron chi connectivity index (χ1n) is 5.56. The molecule has 0 spiro atoms. The van der Waals surface area contributed by atoms with Crippen LogP contribution in [0.15, 0.2) is 28.7 Å². The van der Waals surface area contributed by atoms with Crippen LogP contribution < -0.4 is 4.74 Å². The number of halogens is 2. The normalized spacial score (nSPS) is 10.4. The maximum absolute atomic E-state index is 13.5. The number of aryl methyl sites for hydroxylation is 2. The van der Waals surface area contributed by atoms with Crippen LogP contribution in [-0.4, -0.2) is 9.97 Å². The van der Waals surface area contributed by atoms with Crippen LogP contribution in [0.2, 0.25) is 0 Å². The lowest BCUT2D eigenvalue weighted by Gasteiger charge is -2.08. The van der Waals surface area contributed by atoms with Gasteiger partial charge in [-0.15, -0.1) is 0 Å². The van der Waals surface area contributed by atoms with Crippen molar-refractivity contribution in [2.24, 2.45) is 0 Å². The Morgan fingerprint density at radius 1 is 1.28 bits per heavy atom. The Hall–Kier alpha value is -1.49. The van der Waals surface area contributed by atoms with E-state index in [1.54, 1.807) is 25.1 Å². The minimum Gasteiger partial charge on any atom is -0.436 e. The Kier molecular flexibility index (Phi) is 3.91. The van der Waals surface area contributed by atoms with Gasteiger partial charge in [-0.1, -0.05) is 22.9 Å². The second kappa shape index (κ2) is 5.44. The minimum absolute atomic E-state index is 0.143. The molecule has 1 heterocycles. The molecule has 18 heavy (non-hydrogen) atoms. The number of rotatable bonds is 3. The zero-order chi connectivity index (χ0) is 13.1. The summed E-state index contributed by atoms with van der Waals surface area (Å²) in [6, 6.07) is 6.24. The van der Waals surface area contributed by atoms with Crippen LogP contribution in [0.3, 0.4) is 0 Å². The topological polar surface area (TPSA) is 35.0 Å². The summed E-state index contributed by atoms with van der Waals surface area (Å²) in [5.41, 5.74) is 0.868. The van der Waals surface area contributed by atoms with Gasteiger partial charge in [0.2, 0.25) is 5.88 Å². The molecule has 0 unspecified atom stereocenters. The lowest BCUT2D eigenvalue weighted by Crippen LogP contribution is -1.98. The highest BCUT2D eigenvalue weighted by atomic mass is 79.9. The molecule has 1 aromatic carbocycles. The third-order valence-corrected chi connectivity index (χ3v) is 2.83. The van der Waals surface area contributed by atoms with Gasteiger partial charge in [0, 0.05) is 16.2 Å². The third kappa shape index (κ3) is 3.04. The Labute approximate surface area is 113 Å². The third-order valence-electron chi connectivity index (χ3n) is 2.34. The van der Waals surface area contributed by atoms with E-state index in [0.29, 0.717) is 11.7 Å². The van der Waals surface area contributed by atoms with Gasteiger partial charge in [-0.25, -0.2) is 9.37 Å². The molecule has 0 aliphatic rings. The molecule has 2 aromatic rings. The van der Waals surface area contributed by atoms with Crippen molar-refractivity contribution in [2.75, 3.05) is 0 Å². The van der Waals surface area contributed by atoms with Crippen LogP contribution in [0, 0.1) is 12.7 Å². The standard InChI is InChI=1S/C13H12BrFN2O/c1-3-10-7-13(17-8(2)16-10)18-12-6-9(14)4-5-11(12)15/h4-7H,3H2,1-2H3. The Bertz CT molecular complexity index is 575. The van der Waals surface area contributed by atoms with E-state index in [-0.39, 0.29) is 5.75 Å². The summed E-state index contributed by atoms with van der Waals surface area (Å²) in [7, 11) is 0. The fourth-order valence-electron chi connectivity index (χ4n) is 1.50. The second-order valence-corrected chi connectivity index (χ2v) is 4.69. The molecular formula is C13H12BrFN2O. The van der Waals surface area contributed by atoms with Crippen molar-refractivity contribution < 1.29 is 9.13 Å². The molecule has 5 heteroatoms. The fraction of sp³-hybridized carbons (Fsp3) is 0.231. The van der Waals surface area contributed by atoms with Gasteiger partial charge >= 0.3 is 0 Å². The lowest BCUT2D eigenvalue weighted by molar-refractivity contribution is 0.424. The van der Waals surface area contributed by atoms with E-state index in [4.69, 9.17) is 4.74 Å². The van der Waals surface area contributed by atoms with Crippen LogP contribution in [0.4, 0.5) is 4.39 Å². The monoisotopic (exact) mass is 310 g/mol. The average Bonchev–Trinajstić information content (AvgIpc) is 2.33. The molecule has 0 aliphatic heterocycles. The summed E-state index contributed by atoms with van der Waals surface area (Å²) in [5, 5.41) is 0. The summed E-state index contributed by atoms with van der Waals surface area (Å²) in [6.07, 6.45) is 0.778. The fourth-order valence-corrected chi connectivity index (χ4v) is 1.84. The van der Waals surface area contributed by atoms with E-state index in [1.165, 1.54) is 6.07 Å². The molecular weight excluding hydrogens is 299 g/mol. The smallest absolute Gasteiger partial charge is 0.222 e. The van der Waals surface area contributed by atoms with Crippen molar-refractivity contribution >= 4 is 15.9 Å². The molecule has 0 aliphatic carbocycles. The highest BCUT2D eigenvalue weighted by Crippen LogP contribution is 2.26. The summed E-state index contributed by atoms with van der Waals surface area (Å²) in [5.74, 6) is 0.688. The first-order valence-corrected chi connectivity index (χ1v) is 6.35. The van der Waals surface area contributed by atoms with Gasteiger partial charge in [-0.2, -0.15) is 4.98 Å².